The molecule has 29 heavy (non-hydrogen) atoms. The van der Waals surface area contributed by atoms with Crippen LogP contribution >= 0.6 is 11.8 Å². The molecule has 5 nitrogen and oxygen atoms in total. The molecule has 0 radical (unpaired) electrons. The van der Waals surface area contributed by atoms with E-state index in [1.54, 1.807) is 19.1 Å². The van der Waals surface area contributed by atoms with Gasteiger partial charge in [-0.2, -0.15) is 0 Å². The molecule has 0 aromatic heterocycles. The molecule has 2 aromatic rings. The summed E-state index contributed by atoms with van der Waals surface area (Å²) in [6.07, 6.45) is 3.83. The first kappa shape index (κ1) is 21.0. The molecule has 0 saturated carbocycles. The Bertz CT molecular complexity index is 936. The minimum Gasteiger partial charge on any atom is -0.493 e. The van der Waals surface area contributed by atoms with Crippen molar-refractivity contribution in [3.63, 3.8) is 0 Å². The zero-order valence-corrected chi connectivity index (χ0v) is 18.1. The molecule has 0 spiro atoms. The van der Waals surface area contributed by atoms with Gasteiger partial charge in [-0.25, -0.2) is 4.99 Å². The van der Waals surface area contributed by atoms with Crippen LogP contribution in [0.25, 0.3) is 6.08 Å². The summed E-state index contributed by atoms with van der Waals surface area (Å²) in [7, 11) is 3.20. The van der Waals surface area contributed by atoms with Gasteiger partial charge in [0.15, 0.2) is 16.7 Å². The van der Waals surface area contributed by atoms with Crippen molar-refractivity contribution in [3.05, 3.63) is 58.5 Å². The van der Waals surface area contributed by atoms with E-state index in [2.05, 4.69) is 6.92 Å². The number of rotatable bonds is 7. The Morgan fingerprint density at radius 3 is 2.45 bits per heavy atom. The quantitative estimate of drug-likeness (QED) is 0.572. The van der Waals surface area contributed by atoms with Crippen molar-refractivity contribution < 1.29 is 14.3 Å². The average Bonchev–Trinajstić information content (AvgIpc) is 3.02. The normalized spacial score (nSPS) is 16.7. The SMILES string of the molecule is CCCCN1C(=O)/C(=C\c2ccc(OC)c(OC)c2)SC1=Nc1ccc(C)cc1. The fraction of sp³-hybridized carbons (Fsp3) is 0.304. The Morgan fingerprint density at radius 1 is 1.07 bits per heavy atom. The highest BCUT2D eigenvalue weighted by molar-refractivity contribution is 8.18. The second kappa shape index (κ2) is 9.65. The molecule has 0 unspecified atom stereocenters. The van der Waals surface area contributed by atoms with Crippen molar-refractivity contribution in [2.75, 3.05) is 20.8 Å². The third-order valence-electron chi connectivity index (χ3n) is 4.59. The number of ether oxygens (including phenoxy) is 2. The van der Waals surface area contributed by atoms with Gasteiger partial charge < -0.3 is 9.47 Å². The average molecular weight is 411 g/mol. The smallest absolute Gasteiger partial charge is 0.266 e. The van der Waals surface area contributed by atoms with E-state index in [0.29, 0.717) is 22.9 Å². The number of hydrogen-bond donors (Lipinski definition) is 0. The Hall–Kier alpha value is -2.73. The number of benzene rings is 2. The molecule has 1 fully saturated rings. The number of aliphatic imine (C=N–C) groups is 1. The predicted molar refractivity (Wildman–Crippen MR) is 120 cm³/mol. The van der Waals surface area contributed by atoms with E-state index in [-0.39, 0.29) is 5.91 Å². The summed E-state index contributed by atoms with van der Waals surface area (Å²) in [4.78, 5) is 20.2. The van der Waals surface area contributed by atoms with Gasteiger partial charge in [-0.15, -0.1) is 0 Å². The highest BCUT2D eigenvalue weighted by atomic mass is 32.2. The maximum absolute atomic E-state index is 13.0. The van der Waals surface area contributed by atoms with Crippen LogP contribution in [0, 0.1) is 6.92 Å². The Labute approximate surface area is 176 Å². The zero-order valence-electron chi connectivity index (χ0n) is 17.3. The lowest BCUT2D eigenvalue weighted by atomic mass is 10.2. The molecule has 6 heteroatoms. The third kappa shape index (κ3) is 5.01. The molecule has 0 atom stereocenters. The first-order valence-corrected chi connectivity index (χ1v) is 10.5. The van der Waals surface area contributed by atoms with Crippen LogP contribution in [0.2, 0.25) is 0 Å². The summed E-state index contributed by atoms with van der Waals surface area (Å²) in [5.74, 6) is 1.28. The maximum atomic E-state index is 13.0. The molecule has 152 valence electrons. The molecule has 0 N–H and O–H groups in total. The van der Waals surface area contributed by atoms with E-state index < -0.39 is 0 Å². The number of carbonyl (C=O) groups excluding carboxylic acids is 1. The molecule has 1 aliphatic rings. The van der Waals surface area contributed by atoms with E-state index in [1.807, 2.05) is 55.5 Å². The van der Waals surface area contributed by atoms with E-state index in [9.17, 15) is 4.79 Å². The molecular formula is C23H26N2O3S. The predicted octanol–water partition coefficient (Wildman–Crippen LogP) is 5.42. The van der Waals surface area contributed by atoms with Crippen LogP contribution in [-0.2, 0) is 4.79 Å². The minimum atomic E-state index is -0.0101. The molecule has 1 amide bonds. The van der Waals surface area contributed by atoms with Gasteiger partial charge >= 0.3 is 0 Å². The number of unbranched alkanes of at least 4 members (excludes halogenated alkanes) is 1. The Balaban J connectivity index is 1.93. The molecule has 0 bridgehead atoms. The lowest BCUT2D eigenvalue weighted by Crippen LogP contribution is -2.30. The number of nitrogens with zero attached hydrogens (tertiary/aromatic N) is 2. The van der Waals surface area contributed by atoms with Crippen LogP contribution in [0.3, 0.4) is 0 Å². The lowest BCUT2D eigenvalue weighted by Gasteiger charge is -2.14. The van der Waals surface area contributed by atoms with Gasteiger partial charge in [-0.05, 0) is 61.0 Å². The monoisotopic (exact) mass is 410 g/mol. The molecular weight excluding hydrogens is 384 g/mol. The summed E-state index contributed by atoms with van der Waals surface area (Å²) in [5.41, 5.74) is 2.91. The van der Waals surface area contributed by atoms with E-state index in [0.717, 1.165) is 29.3 Å². The molecule has 2 aromatic carbocycles. The fourth-order valence-corrected chi connectivity index (χ4v) is 3.95. The van der Waals surface area contributed by atoms with Crippen molar-refractivity contribution >= 4 is 34.6 Å². The zero-order chi connectivity index (χ0) is 20.8. The van der Waals surface area contributed by atoms with Crippen molar-refractivity contribution in [2.45, 2.75) is 26.7 Å². The molecule has 1 aliphatic heterocycles. The lowest BCUT2D eigenvalue weighted by molar-refractivity contribution is -0.122. The molecule has 3 rings (SSSR count). The van der Waals surface area contributed by atoms with Crippen LogP contribution in [0.15, 0.2) is 52.4 Å². The van der Waals surface area contributed by atoms with Crippen molar-refractivity contribution in [1.29, 1.82) is 0 Å². The summed E-state index contributed by atoms with van der Waals surface area (Å²) in [6.45, 7) is 4.82. The maximum Gasteiger partial charge on any atom is 0.266 e. The number of amides is 1. The summed E-state index contributed by atoms with van der Waals surface area (Å²) >= 11 is 1.41. The number of methoxy groups -OCH3 is 2. The van der Waals surface area contributed by atoms with Gasteiger partial charge in [0.05, 0.1) is 24.8 Å². The standard InChI is InChI=1S/C23H26N2O3S/c1-5-6-13-25-22(26)21(15-17-9-12-19(27-3)20(14-17)28-4)29-23(25)24-18-10-7-16(2)8-11-18/h7-12,14-15H,5-6,13H2,1-4H3/b21-15+,24-23?. The summed E-state index contributed by atoms with van der Waals surface area (Å²) in [6, 6.07) is 13.6. The van der Waals surface area contributed by atoms with Crippen LogP contribution < -0.4 is 9.47 Å². The number of amidine groups is 1. The fourth-order valence-electron chi connectivity index (χ4n) is 2.93. The van der Waals surface area contributed by atoms with Crippen molar-refractivity contribution in [2.24, 2.45) is 4.99 Å². The second-order valence-corrected chi connectivity index (χ2v) is 7.77. The second-order valence-electron chi connectivity index (χ2n) is 6.77. The van der Waals surface area contributed by atoms with Crippen LogP contribution in [-0.4, -0.2) is 36.7 Å². The first-order valence-electron chi connectivity index (χ1n) is 9.64. The van der Waals surface area contributed by atoms with E-state index in [1.165, 1.54) is 17.3 Å². The van der Waals surface area contributed by atoms with Gasteiger partial charge in [-0.1, -0.05) is 37.1 Å². The number of hydrogen-bond acceptors (Lipinski definition) is 5. The summed E-state index contributed by atoms with van der Waals surface area (Å²) < 4.78 is 10.7. The van der Waals surface area contributed by atoms with Gasteiger partial charge in [0.1, 0.15) is 0 Å². The number of carbonyl (C=O) groups is 1. The summed E-state index contributed by atoms with van der Waals surface area (Å²) in [5, 5.41) is 0.721. The van der Waals surface area contributed by atoms with E-state index >= 15 is 0 Å². The first-order chi connectivity index (χ1) is 14.0. The van der Waals surface area contributed by atoms with Gasteiger partial charge in [0.25, 0.3) is 5.91 Å². The molecule has 1 heterocycles. The molecule has 1 saturated heterocycles. The highest BCUT2D eigenvalue weighted by Gasteiger charge is 2.33. The van der Waals surface area contributed by atoms with Crippen molar-refractivity contribution in [3.8, 4) is 11.5 Å². The number of thioether (sulfide) groups is 1. The topological polar surface area (TPSA) is 51.1 Å². The van der Waals surface area contributed by atoms with Crippen LogP contribution in [0.5, 0.6) is 11.5 Å². The van der Waals surface area contributed by atoms with Crippen molar-refractivity contribution in [1.82, 2.24) is 4.90 Å². The minimum absolute atomic E-state index is 0.0101. The van der Waals surface area contributed by atoms with Gasteiger partial charge in [0.2, 0.25) is 0 Å². The Morgan fingerprint density at radius 2 is 1.79 bits per heavy atom. The van der Waals surface area contributed by atoms with Crippen LogP contribution in [0.4, 0.5) is 5.69 Å². The Kier molecular flexibility index (Phi) is 6.99. The van der Waals surface area contributed by atoms with Gasteiger partial charge in [0, 0.05) is 6.54 Å². The largest absolute Gasteiger partial charge is 0.493 e. The number of aryl methyl sites for hydroxylation is 1. The van der Waals surface area contributed by atoms with Crippen LogP contribution in [0.1, 0.15) is 30.9 Å². The van der Waals surface area contributed by atoms with E-state index in [4.69, 9.17) is 14.5 Å². The molecule has 0 aliphatic carbocycles. The third-order valence-corrected chi connectivity index (χ3v) is 5.59. The highest BCUT2D eigenvalue weighted by Crippen LogP contribution is 2.36. The van der Waals surface area contributed by atoms with Gasteiger partial charge in [-0.3, -0.25) is 9.69 Å².